The first kappa shape index (κ1) is 21.4. The van der Waals surface area contributed by atoms with E-state index < -0.39 is 0 Å². The monoisotopic (exact) mass is 425 g/mol. The van der Waals surface area contributed by atoms with E-state index in [1.54, 1.807) is 20.3 Å². The second-order valence-electron chi connectivity index (χ2n) is 6.09. The van der Waals surface area contributed by atoms with E-state index in [9.17, 15) is 4.79 Å². The van der Waals surface area contributed by atoms with Crippen molar-refractivity contribution in [1.29, 1.82) is 0 Å². The summed E-state index contributed by atoms with van der Waals surface area (Å²) in [5.41, 5.74) is 2.14. The van der Waals surface area contributed by atoms with Gasteiger partial charge in [-0.3, -0.25) is 4.79 Å². The molecule has 3 rings (SSSR count). The molecule has 8 heteroatoms. The Balaban J connectivity index is 1.62. The summed E-state index contributed by atoms with van der Waals surface area (Å²) in [4.78, 5) is 12.3. The second kappa shape index (κ2) is 10.5. The van der Waals surface area contributed by atoms with Gasteiger partial charge in [-0.15, -0.1) is 10.2 Å². The number of carbonyl (C=O) groups is 1. The maximum Gasteiger partial charge on any atom is 0.234 e. The van der Waals surface area contributed by atoms with Crippen LogP contribution in [0.2, 0.25) is 0 Å². The zero-order valence-corrected chi connectivity index (χ0v) is 17.9. The van der Waals surface area contributed by atoms with Crippen molar-refractivity contribution in [2.45, 2.75) is 11.9 Å². The van der Waals surface area contributed by atoms with Gasteiger partial charge in [0.25, 0.3) is 0 Å². The van der Waals surface area contributed by atoms with Crippen LogP contribution in [0.5, 0.6) is 17.2 Å². The summed E-state index contributed by atoms with van der Waals surface area (Å²) in [7, 11) is 3.20. The molecule has 1 heterocycles. The van der Waals surface area contributed by atoms with Gasteiger partial charge >= 0.3 is 0 Å². The lowest BCUT2D eigenvalue weighted by atomic mass is 10.1. The van der Waals surface area contributed by atoms with Crippen molar-refractivity contribution in [2.75, 3.05) is 31.9 Å². The lowest BCUT2D eigenvalue weighted by Gasteiger charge is -2.11. The second-order valence-corrected chi connectivity index (χ2v) is 7.08. The van der Waals surface area contributed by atoms with Gasteiger partial charge < -0.3 is 19.5 Å². The van der Waals surface area contributed by atoms with Crippen LogP contribution in [0.25, 0.3) is 11.3 Å². The average Bonchev–Trinajstić information content (AvgIpc) is 2.79. The Morgan fingerprint density at radius 2 is 1.83 bits per heavy atom. The van der Waals surface area contributed by atoms with Crippen LogP contribution in [-0.2, 0) is 4.79 Å². The van der Waals surface area contributed by atoms with Gasteiger partial charge in [-0.05, 0) is 43.3 Å². The van der Waals surface area contributed by atoms with Crippen LogP contribution in [0, 0.1) is 0 Å². The summed E-state index contributed by atoms with van der Waals surface area (Å²) in [5.74, 6) is 2.07. The molecular weight excluding hydrogens is 402 g/mol. The number of aromatic nitrogens is 2. The maximum absolute atomic E-state index is 12.3. The number of para-hydroxylation sites is 2. The van der Waals surface area contributed by atoms with Crippen LogP contribution in [-0.4, -0.2) is 42.7 Å². The highest BCUT2D eigenvalue weighted by Crippen LogP contribution is 2.32. The SMILES string of the molecule is CCOc1ccccc1NC(=O)CSc1ccc(-c2ccc(OC)cc2OC)nn1. The molecule has 3 aromatic rings. The summed E-state index contributed by atoms with van der Waals surface area (Å²) in [6.45, 7) is 2.43. The minimum Gasteiger partial charge on any atom is -0.497 e. The predicted octanol–water partition coefficient (Wildman–Crippen LogP) is 4.29. The quantitative estimate of drug-likeness (QED) is 0.512. The smallest absolute Gasteiger partial charge is 0.234 e. The van der Waals surface area contributed by atoms with Crippen LogP contribution in [0.4, 0.5) is 5.69 Å². The normalized spacial score (nSPS) is 10.4. The first-order valence-corrected chi connectivity index (χ1v) is 10.3. The molecule has 156 valence electrons. The number of thioether (sulfide) groups is 1. The average molecular weight is 426 g/mol. The molecule has 0 aliphatic heterocycles. The Kier molecular flexibility index (Phi) is 7.51. The molecule has 0 spiro atoms. The lowest BCUT2D eigenvalue weighted by molar-refractivity contribution is -0.113. The van der Waals surface area contributed by atoms with E-state index in [2.05, 4.69) is 15.5 Å². The van der Waals surface area contributed by atoms with Gasteiger partial charge in [0.1, 0.15) is 22.3 Å². The fourth-order valence-electron chi connectivity index (χ4n) is 2.73. The van der Waals surface area contributed by atoms with Crippen LogP contribution >= 0.6 is 11.8 Å². The molecule has 1 aromatic heterocycles. The Hall–Kier alpha value is -3.26. The highest BCUT2D eigenvalue weighted by molar-refractivity contribution is 7.99. The number of methoxy groups -OCH3 is 2. The number of benzene rings is 2. The molecule has 0 aliphatic rings. The van der Waals surface area contributed by atoms with Crippen molar-refractivity contribution in [3.05, 3.63) is 54.6 Å². The van der Waals surface area contributed by atoms with Gasteiger partial charge in [0.2, 0.25) is 5.91 Å². The van der Waals surface area contributed by atoms with Crippen LogP contribution < -0.4 is 19.5 Å². The Morgan fingerprint density at radius 1 is 1.00 bits per heavy atom. The molecule has 0 saturated heterocycles. The largest absolute Gasteiger partial charge is 0.497 e. The Bertz CT molecular complexity index is 996. The zero-order chi connectivity index (χ0) is 21.3. The maximum atomic E-state index is 12.3. The minimum atomic E-state index is -0.144. The topological polar surface area (TPSA) is 82.6 Å². The molecule has 2 aromatic carbocycles. The number of hydrogen-bond acceptors (Lipinski definition) is 7. The van der Waals surface area contributed by atoms with Gasteiger partial charge in [0.05, 0.1) is 38.0 Å². The number of nitrogens with one attached hydrogen (secondary N) is 1. The molecular formula is C22H23N3O4S. The van der Waals surface area contributed by atoms with Crippen molar-refractivity contribution < 1.29 is 19.0 Å². The number of nitrogens with zero attached hydrogens (tertiary/aromatic N) is 2. The third kappa shape index (κ3) is 5.42. The Morgan fingerprint density at radius 3 is 2.53 bits per heavy atom. The van der Waals surface area contributed by atoms with E-state index in [0.717, 1.165) is 5.56 Å². The number of ether oxygens (including phenoxy) is 3. The minimum absolute atomic E-state index is 0.144. The van der Waals surface area contributed by atoms with Gasteiger partial charge in [-0.25, -0.2) is 0 Å². The summed E-state index contributed by atoms with van der Waals surface area (Å²) in [6.07, 6.45) is 0. The predicted molar refractivity (Wildman–Crippen MR) is 118 cm³/mol. The summed E-state index contributed by atoms with van der Waals surface area (Å²) in [6, 6.07) is 16.5. The highest BCUT2D eigenvalue weighted by Gasteiger charge is 2.11. The molecule has 1 N–H and O–H groups in total. The molecule has 0 radical (unpaired) electrons. The summed E-state index contributed by atoms with van der Waals surface area (Å²) < 4.78 is 16.2. The van der Waals surface area contributed by atoms with E-state index in [0.29, 0.717) is 40.3 Å². The van der Waals surface area contributed by atoms with E-state index >= 15 is 0 Å². The fraction of sp³-hybridized carbons (Fsp3) is 0.227. The number of anilines is 1. The molecule has 0 bridgehead atoms. The highest BCUT2D eigenvalue weighted by atomic mass is 32.2. The third-order valence-electron chi connectivity index (χ3n) is 4.14. The van der Waals surface area contributed by atoms with E-state index in [1.165, 1.54) is 11.8 Å². The van der Waals surface area contributed by atoms with E-state index in [1.807, 2.05) is 55.5 Å². The number of amides is 1. The van der Waals surface area contributed by atoms with Crippen molar-refractivity contribution >= 4 is 23.4 Å². The molecule has 0 fully saturated rings. The van der Waals surface area contributed by atoms with Crippen molar-refractivity contribution in [3.8, 4) is 28.5 Å². The van der Waals surface area contributed by atoms with Gasteiger partial charge in [0, 0.05) is 11.6 Å². The summed E-state index contributed by atoms with van der Waals surface area (Å²) in [5, 5.41) is 12.0. The molecule has 1 amide bonds. The first-order chi connectivity index (χ1) is 14.6. The van der Waals surface area contributed by atoms with Crippen LogP contribution in [0.3, 0.4) is 0 Å². The van der Waals surface area contributed by atoms with Gasteiger partial charge in [-0.1, -0.05) is 23.9 Å². The molecule has 30 heavy (non-hydrogen) atoms. The number of rotatable bonds is 9. The van der Waals surface area contributed by atoms with Crippen LogP contribution in [0.1, 0.15) is 6.92 Å². The standard InChI is InChI=1S/C22H23N3O4S/c1-4-29-19-8-6-5-7-18(19)23-21(26)14-30-22-12-11-17(24-25-22)16-10-9-15(27-2)13-20(16)28-3/h5-13H,4,14H2,1-3H3,(H,23,26). The number of carbonyl (C=O) groups excluding carboxylic acids is 1. The van der Waals surface area contributed by atoms with Gasteiger partial charge in [0.15, 0.2) is 0 Å². The molecule has 0 atom stereocenters. The van der Waals surface area contributed by atoms with Gasteiger partial charge in [-0.2, -0.15) is 0 Å². The number of hydrogen-bond donors (Lipinski definition) is 1. The molecule has 0 unspecified atom stereocenters. The zero-order valence-electron chi connectivity index (χ0n) is 17.0. The third-order valence-corrected chi connectivity index (χ3v) is 5.06. The van der Waals surface area contributed by atoms with E-state index in [4.69, 9.17) is 14.2 Å². The van der Waals surface area contributed by atoms with Crippen LogP contribution in [0.15, 0.2) is 59.6 Å². The lowest BCUT2D eigenvalue weighted by Crippen LogP contribution is -2.15. The van der Waals surface area contributed by atoms with Crippen molar-refractivity contribution in [3.63, 3.8) is 0 Å². The first-order valence-electron chi connectivity index (χ1n) is 9.35. The van der Waals surface area contributed by atoms with Crippen molar-refractivity contribution in [2.24, 2.45) is 0 Å². The molecule has 7 nitrogen and oxygen atoms in total. The summed E-state index contributed by atoms with van der Waals surface area (Å²) >= 11 is 1.31. The molecule has 0 saturated carbocycles. The van der Waals surface area contributed by atoms with E-state index in [-0.39, 0.29) is 11.7 Å². The Labute approximate surface area is 179 Å². The fourth-order valence-corrected chi connectivity index (χ4v) is 3.34. The molecule has 0 aliphatic carbocycles. The van der Waals surface area contributed by atoms with Crippen molar-refractivity contribution in [1.82, 2.24) is 10.2 Å².